The molecule has 1 aliphatic rings. The maximum Gasteiger partial charge on any atom is 0.251 e. The van der Waals surface area contributed by atoms with Crippen molar-refractivity contribution in [1.29, 1.82) is 0 Å². The molecule has 2 aromatic rings. The van der Waals surface area contributed by atoms with E-state index < -0.39 is 0 Å². The quantitative estimate of drug-likeness (QED) is 0.479. The van der Waals surface area contributed by atoms with Crippen molar-refractivity contribution >= 4 is 29.3 Å². The van der Waals surface area contributed by atoms with Crippen molar-refractivity contribution in [2.45, 2.75) is 76.9 Å². The van der Waals surface area contributed by atoms with Gasteiger partial charge in [-0.05, 0) is 75.6 Å². The zero-order valence-corrected chi connectivity index (χ0v) is 19.7. The van der Waals surface area contributed by atoms with E-state index in [-0.39, 0.29) is 17.9 Å². The number of benzene rings is 1. The number of anilines is 1. The van der Waals surface area contributed by atoms with Crippen molar-refractivity contribution < 1.29 is 9.59 Å². The third kappa shape index (κ3) is 6.29. The first-order valence-electron chi connectivity index (χ1n) is 11.0. The number of carbonyl (C=O) groups is 2. The Morgan fingerprint density at radius 1 is 1.06 bits per heavy atom. The van der Waals surface area contributed by atoms with Gasteiger partial charge in [-0.2, -0.15) is 0 Å². The first-order chi connectivity index (χ1) is 14.9. The molecule has 7 heteroatoms. The first kappa shape index (κ1) is 23.3. The minimum Gasteiger partial charge on any atom is -0.349 e. The van der Waals surface area contributed by atoms with Gasteiger partial charge >= 0.3 is 0 Å². The smallest absolute Gasteiger partial charge is 0.251 e. The molecular formula is C24H32N4O2S. The fraction of sp³-hybridized carbons (Fsp3) is 0.500. The summed E-state index contributed by atoms with van der Waals surface area (Å²) in [5.74, 6) is -0.0947. The molecule has 31 heavy (non-hydrogen) atoms. The highest BCUT2D eigenvalue weighted by molar-refractivity contribution is 7.98. The topological polar surface area (TPSA) is 84.0 Å². The molecule has 1 aliphatic carbocycles. The summed E-state index contributed by atoms with van der Waals surface area (Å²) in [4.78, 5) is 34.0. The number of amides is 2. The van der Waals surface area contributed by atoms with Crippen LogP contribution in [0.5, 0.6) is 0 Å². The Morgan fingerprint density at radius 2 is 1.74 bits per heavy atom. The molecule has 1 heterocycles. The summed E-state index contributed by atoms with van der Waals surface area (Å²) < 4.78 is 0. The molecular weight excluding hydrogens is 408 g/mol. The molecule has 0 spiro atoms. The summed E-state index contributed by atoms with van der Waals surface area (Å²) in [7, 11) is 0. The average molecular weight is 441 g/mol. The molecule has 0 saturated heterocycles. The second kappa shape index (κ2) is 10.8. The second-order valence-electron chi connectivity index (χ2n) is 8.25. The van der Waals surface area contributed by atoms with E-state index >= 15 is 0 Å². The van der Waals surface area contributed by atoms with E-state index in [1.54, 1.807) is 6.07 Å². The third-order valence-corrected chi connectivity index (χ3v) is 6.44. The number of aromatic nitrogens is 2. The lowest BCUT2D eigenvalue weighted by molar-refractivity contribution is -0.116. The van der Waals surface area contributed by atoms with Gasteiger partial charge in [-0.15, -0.1) is 0 Å². The molecule has 1 aromatic heterocycles. The van der Waals surface area contributed by atoms with E-state index in [0.717, 1.165) is 46.2 Å². The molecule has 1 saturated carbocycles. The van der Waals surface area contributed by atoms with Crippen molar-refractivity contribution in [3.63, 3.8) is 0 Å². The SMILES string of the molecule is CSc1nc(C)c(CCC(=O)Nc2ccc(C(=O)NC3CCCCC3)cc2C)c(C)n1. The van der Waals surface area contributed by atoms with Crippen LogP contribution >= 0.6 is 11.8 Å². The van der Waals surface area contributed by atoms with Gasteiger partial charge in [0.15, 0.2) is 5.16 Å². The Bertz CT molecular complexity index is 932. The minimum absolute atomic E-state index is 0.0347. The summed E-state index contributed by atoms with van der Waals surface area (Å²) in [6.45, 7) is 5.84. The van der Waals surface area contributed by atoms with Gasteiger partial charge in [0.2, 0.25) is 5.91 Å². The van der Waals surface area contributed by atoms with Crippen LogP contribution in [0, 0.1) is 20.8 Å². The Balaban J connectivity index is 1.57. The van der Waals surface area contributed by atoms with Crippen molar-refractivity contribution in [3.05, 3.63) is 46.3 Å². The number of hydrogen-bond acceptors (Lipinski definition) is 5. The standard InChI is InChI=1S/C24H32N4O2S/c1-15-14-18(23(30)27-19-8-6-5-7-9-19)10-12-21(15)28-22(29)13-11-20-16(2)25-24(31-4)26-17(20)3/h10,12,14,19H,5-9,11,13H2,1-4H3,(H,27,30)(H,28,29). The number of thioether (sulfide) groups is 1. The van der Waals surface area contributed by atoms with Crippen molar-refractivity contribution in [1.82, 2.24) is 15.3 Å². The fourth-order valence-electron chi connectivity index (χ4n) is 4.07. The van der Waals surface area contributed by atoms with Gasteiger partial charge in [0, 0.05) is 35.1 Å². The minimum atomic E-state index is -0.0600. The predicted molar refractivity (Wildman–Crippen MR) is 126 cm³/mol. The van der Waals surface area contributed by atoms with E-state index in [9.17, 15) is 9.59 Å². The summed E-state index contributed by atoms with van der Waals surface area (Å²) in [6.07, 6.45) is 8.64. The number of aryl methyl sites for hydroxylation is 3. The Morgan fingerprint density at radius 3 is 2.35 bits per heavy atom. The van der Waals surface area contributed by atoms with Crippen LogP contribution in [0.15, 0.2) is 23.4 Å². The van der Waals surface area contributed by atoms with Crippen LogP contribution < -0.4 is 10.6 Å². The number of nitrogens with one attached hydrogen (secondary N) is 2. The van der Waals surface area contributed by atoms with Gasteiger partial charge in [0.25, 0.3) is 5.91 Å². The molecule has 2 amide bonds. The van der Waals surface area contributed by atoms with Crippen LogP contribution in [0.4, 0.5) is 5.69 Å². The summed E-state index contributed by atoms with van der Waals surface area (Å²) in [5, 5.41) is 6.87. The second-order valence-corrected chi connectivity index (χ2v) is 9.02. The molecule has 3 rings (SSSR count). The Hall–Kier alpha value is -2.41. The maximum absolute atomic E-state index is 12.6. The van der Waals surface area contributed by atoms with Crippen LogP contribution in [0.3, 0.4) is 0 Å². The van der Waals surface area contributed by atoms with Gasteiger partial charge < -0.3 is 10.6 Å². The highest BCUT2D eigenvalue weighted by Gasteiger charge is 2.17. The van der Waals surface area contributed by atoms with E-state index in [0.29, 0.717) is 18.4 Å². The highest BCUT2D eigenvalue weighted by atomic mass is 32.2. The lowest BCUT2D eigenvalue weighted by Crippen LogP contribution is -2.36. The van der Waals surface area contributed by atoms with Crippen LogP contribution in [-0.2, 0) is 11.2 Å². The average Bonchev–Trinajstić information content (AvgIpc) is 2.75. The van der Waals surface area contributed by atoms with Crippen molar-refractivity contribution in [2.75, 3.05) is 11.6 Å². The third-order valence-electron chi connectivity index (χ3n) is 5.89. The molecule has 2 N–H and O–H groups in total. The molecule has 0 unspecified atom stereocenters. The van der Waals surface area contributed by atoms with Gasteiger partial charge in [-0.25, -0.2) is 9.97 Å². The Kier molecular flexibility index (Phi) is 8.07. The monoisotopic (exact) mass is 440 g/mol. The number of hydrogen-bond donors (Lipinski definition) is 2. The van der Waals surface area contributed by atoms with Gasteiger partial charge in [0.05, 0.1) is 0 Å². The predicted octanol–water partition coefficient (Wildman–Crippen LogP) is 4.76. The molecule has 6 nitrogen and oxygen atoms in total. The van der Waals surface area contributed by atoms with Gasteiger partial charge in [-0.3, -0.25) is 9.59 Å². The highest BCUT2D eigenvalue weighted by Crippen LogP contribution is 2.21. The van der Waals surface area contributed by atoms with Gasteiger partial charge in [0.1, 0.15) is 0 Å². The lowest BCUT2D eigenvalue weighted by Gasteiger charge is -2.23. The number of carbonyl (C=O) groups excluding carboxylic acids is 2. The number of rotatable bonds is 7. The molecule has 1 fully saturated rings. The molecule has 0 radical (unpaired) electrons. The molecule has 0 bridgehead atoms. The summed E-state index contributed by atoms with van der Waals surface area (Å²) in [6, 6.07) is 5.72. The largest absolute Gasteiger partial charge is 0.349 e. The van der Waals surface area contributed by atoms with E-state index in [1.165, 1.54) is 31.0 Å². The lowest BCUT2D eigenvalue weighted by atomic mass is 9.95. The zero-order chi connectivity index (χ0) is 22.4. The normalized spacial score (nSPS) is 14.3. The van der Waals surface area contributed by atoms with Crippen molar-refractivity contribution in [3.8, 4) is 0 Å². The van der Waals surface area contributed by atoms with Crippen LogP contribution in [0.25, 0.3) is 0 Å². The van der Waals surface area contributed by atoms with Crippen LogP contribution in [0.2, 0.25) is 0 Å². The fourth-order valence-corrected chi connectivity index (χ4v) is 4.53. The maximum atomic E-state index is 12.6. The summed E-state index contributed by atoms with van der Waals surface area (Å²) >= 11 is 1.52. The molecule has 166 valence electrons. The molecule has 0 aliphatic heterocycles. The first-order valence-corrected chi connectivity index (χ1v) is 12.2. The van der Waals surface area contributed by atoms with Crippen LogP contribution in [0.1, 0.15) is 71.4 Å². The van der Waals surface area contributed by atoms with Crippen molar-refractivity contribution in [2.24, 2.45) is 0 Å². The van der Waals surface area contributed by atoms with E-state index in [2.05, 4.69) is 20.6 Å². The molecule has 1 aromatic carbocycles. The van der Waals surface area contributed by atoms with Gasteiger partial charge in [-0.1, -0.05) is 31.0 Å². The summed E-state index contributed by atoms with van der Waals surface area (Å²) in [5.41, 5.74) is 5.13. The number of nitrogens with zero attached hydrogens (tertiary/aromatic N) is 2. The Labute approximate surface area is 189 Å². The van der Waals surface area contributed by atoms with E-state index in [1.807, 2.05) is 39.2 Å². The van der Waals surface area contributed by atoms with E-state index in [4.69, 9.17) is 0 Å². The zero-order valence-electron chi connectivity index (χ0n) is 18.9. The molecule has 0 atom stereocenters. The van der Waals surface area contributed by atoms with Crippen LogP contribution in [-0.4, -0.2) is 34.1 Å².